The molecule has 2 aromatic rings. The lowest BCUT2D eigenvalue weighted by molar-refractivity contribution is -0.137. The van der Waals surface area contributed by atoms with E-state index in [1.807, 2.05) is 0 Å². The SMILES string of the molecule is NC(=O)C1Oc2ccc(C(F)(F)F)cc2-c2ccccc21. The standard InChI is InChI=1S/C15H10F3NO2/c16-15(17,18)8-5-6-12-11(7-8)9-3-1-2-4-10(9)13(21-12)14(19)20/h1-7,13H,(H2,19,20). The Kier molecular flexibility index (Phi) is 2.90. The van der Waals surface area contributed by atoms with E-state index in [0.29, 0.717) is 16.7 Å². The van der Waals surface area contributed by atoms with Crippen LogP contribution in [0.5, 0.6) is 5.75 Å². The molecule has 0 radical (unpaired) electrons. The molecule has 2 N–H and O–H groups in total. The first-order valence-corrected chi connectivity index (χ1v) is 6.14. The summed E-state index contributed by atoms with van der Waals surface area (Å²) in [6.07, 6.45) is -5.43. The highest BCUT2D eigenvalue weighted by atomic mass is 19.4. The number of carbonyl (C=O) groups excluding carboxylic acids is 1. The molecule has 1 unspecified atom stereocenters. The number of carbonyl (C=O) groups is 1. The van der Waals surface area contributed by atoms with Gasteiger partial charge in [-0.15, -0.1) is 0 Å². The van der Waals surface area contributed by atoms with Gasteiger partial charge in [0, 0.05) is 11.1 Å². The van der Waals surface area contributed by atoms with Crippen molar-refractivity contribution >= 4 is 5.91 Å². The Morgan fingerprint density at radius 2 is 1.81 bits per heavy atom. The Morgan fingerprint density at radius 1 is 1.10 bits per heavy atom. The number of nitrogens with two attached hydrogens (primary N) is 1. The van der Waals surface area contributed by atoms with E-state index in [2.05, 4.69) is 0 Å². The van der Waals surface area contributed by atoms with E-state index in [4.69, 9.17) is 10.5 Å². The first-order chi connectivity index (χ1) is 9.88. The third-order valence-corrected chi connectivity index (χ3v) is 3.34. The summed E-state index contributed by atoms with van der Waals surface area (Å²) in [7, 11) is 0. The van der Waals surface area contributed by atoms with E-state index >= 15 is 0 Å². The van der Waals surface area contributed by atoms with E-state index in [1.165, 1.54) is 6.07 Å². The highest BCUT2D eigenvalue weighted by molar-refractivity contribution is 5.87. The van der Waals surface area contributed by atoms with Gasteiger partial charge in [0.1, 0.15) is 5.75 Å². The molecule has 1 aliphatic heterocycles. The molecule has 0 saturated carbocycles. The fourth-order valence-electron chi connectivity index (χ4n) is 2.39. The lowest BCUT2D eigenvalue weighted by atomic mass is 9.91. The Labute approximate surface area is 118 Å². The predicted molar refractivity (Wildman–Crippen MR) is 69.4 cm³/mol. The van der Waals surface area contributed by atoms with Crippen molar-refractivity contribution in [1.82, 2.24) is 0 Å². The van der Waals surface area contributed by atoms with Crippen LogP contribution in [0.1, 0.15) is 17.2 Å². The van der Waals surface area contributed by atoms with Gasteiger partial charge < -0.3 is 10.5 Å². The summed E-state index contributed by atoms with van der Waals surface area (Å²) in [5, 5.41) is 0. The van der Waals surface area contributed by atoms with Gasteiger partial charge in [0.25, 0.3) is 5.91 Å². The molecular formula is C15H10F3NO2. The van der Waals surface area contributed by atoms with Gasteiger partial charge >= 0.3 is 6.18 Å². The zero-order chi connectivity index (χ0) is 15.2. The average Bonchev–Trinajstić information content (AvgIpc) is 2.44. The van der Waals surface area contributed by atoms with E-state index in [0.717, 1.165) is 12.1 Å². The van der Waals surface area contributed by atoms with Crippen LogP contribution in [0.4, 0.5) is 13.2 Å². The Hall–Kier alpha value is -2.50. The second-order valence-electron chi connectivity index (χ2n) is 4.70. The molecule has 3 nitrogen and oxygen atoms in total. The summed E-state index contributed by atoms with van der Waals surface area (Å²) in [5.74, 6) is -0.474. The molecule has 1 atom stereocenters. The molecule has 1 heterocycles. The number of hydrogen-bond acceptors (Lipinski definition) is 2. The number of primary amides is 1. The third kappa shape index (κ3) is 2.22. The fraction of sp³-hybridized carbons (Fsp3) is 0.133. The smallest absolute Gasteiger partial charge is 0.416 e. The van der Waals surface area contributed by atoms with Gasteiger partial charge in [-0.1, -0.05) is 24.3 Å². The summed E-state index contributed by atoms with van der Waals surface area (Å²) in [4.78, 5) is 11.5. The van der Waals surface area contributed by atoms with Gasteiger partial charge in [-0.2, -0.15) is 13.2 Å². The maximum absolute atomic E-state index is 12.8. The number of amides is 1. The van der Waals surface area contributed by atoms with Gasteiger partial charge in [0.2, 0.25) is 6.10 Å². The van der Waals surface area contributed by atoms with Crippen LogP contribution in [0, 0.1) is 0 Å². The predicted octanol–water partition coefficient (Wildman–Crippen LogP) is 3.29. The molecule has 6 heteroatoms. The van der Waals surface area contributed by atoms with Gasteiger partial charge in [0.15, 0.2) is 0 Å². The van der Waals surface area contributed by atoms with Crippen LogP contribution < -0.4 is 10.5 Å². The molecular weight excluding hydrogens is 283 g/mol. The van der Waals surface area contributed by atoms with Crippen LogP contribution in [0.25, 0.3) is 11.1 Å². The van der Waals surface area contributed by atoms with Gasteiger partial charge in [-0.25, -0.2) is 0 Å². The van der Waals surface area contributed by atoms with Crippen molar-refractivity contribution in [3.05, 3.63) is 53.6 Å². The number of ether oxygens (including phenoxy) is 1. The number of rotatable bonds is 1. The minimum absolute atomic E-state index is 0.213. The van der Waals surface area contributed by atoms with Crippen molar-refractivity contribution in [1.29, 1.82) is 0 Å². The zero-order valence-electron chi connectivity index (χ0n) is 10.6. The van der Waals surface area contributed by atoms with Crippen molar-refractivity contribution < 1.29 is 22.7 Å². The van der Waals surface area contributed by atoms with Gasteiger partial charge in [0.05, 0.1) is 5.56 Å². The van der Waals surface area contributed by atoms with E-state index in [9.17, 15) is 18.0 Å². The van der Waals surface area contributed by atoms with Crippen LogP contribution in [0.15, 0.2) is 42.5 Å². The van der Waals surface area contributed by atoms with E-state index in [1.54, 1.807) is 24.3 Å². The van der Waals surface area contributed by atoms with Gasteiger partial charge in [-0.3, -0.25) is 4.79 Å². The lowest BCUT2D eigenvalue weighted by Gasteiger charge is -2.27. The first kappa shape index (κ1) is 13.5. The number of alkyl halides is 3. The largest absolute Gasteiger partial charge is 0.475 e. The van der Waals surface area contributed by atoms with Crippen molar-refractivity contribution in [3.8, 4) is 16.9 Å². The second-order valence-corrected chi connectivity index (χ2v) is 4.70. The minimum Gasteiger partial charge on any atom is -0.475 e. The lowest BCUT2D eigenvalue weighted by Crippen LogP contribution is -2.28. The van der Waals surface area contributed by atoms with Crippen LogP contribution in [0.2, 0.25) is 0 Å². The van der Waals surface area contributed by atoms with Crippen LogP contribution in [0.3, 0.4) is 0 Å². The molecule has 21 heavy (non-hydrogen) atoms. The van der Waals surface area contributed by atoms with E-state index < -0.39 is 23.8 Å². The summed E-state index contributed by atoms with van der Waals surface area (Å²) in [5.41, 5.74) is 5.82. The minimum atomic E-state index is -4.44. The monoisotopic (exact) mass is 293 g/mol. The van der Waals surface area contributed by atoms with E-state index in [-0.39, 0.29) is 5.75 Å². The molecule has 2 aromatic carbocycles. The maximum atomic E-state index is 12.8. The zero-order valence-corrected chi connectivity index (χ0v) is 10.6. The number of fused-ring (bicyclic) bond motifs is 3. The second kappa shape index (κ2) is 4.51. The van der Waals surface area contributed by atoms with Gasteiger partial charge in [-0.05, 0) is 23.8 Å². The molecule has 0 saturated heterocycles. The number of benzene rings is 2. The molecule has 0 fully saturated rings. The number of halogens is 3. The Balaban J connectivity index is 2.21. The summed E-state index contributed by atoms with van der Waals surface area (Å²) in [6, 6.07) is 9.78. The Bertz CT molecular complexity index is 725. The maximum Gasteiger partial charge on any atom is 0.416 e. The topological polar surface area (TPSA) is 52.3 Å². The molecule has 0 spiro atoms. The fourth-order valence-corrected chi connectivity index (χ4v) is 2.39. The summed E-state index contributed by atoms with van der Waals surface area (Å²) < 4.78 is 43.9. The Morgan fingerprint density at radius 3 is 2.48 bits per heavy atom. The highest BCUT2D eigenvalue weighted by Gasteiger charge is 2.34. The van der Waals surface area contributed by atoms with Crippen molar-refractivity contribution in [2.24, 2.45) is 5.73 Å². The quantitative estimate of drug-likeness (QED) is 0.877. The van der Waals surface area contributed by atoms with Crippen molar-refractivity contribution in [3.63, 3.8) is 0 Å². The number of hydrogen-bond donors (Lipinski definition) is 1. The molecule has 108 valence electrons. The summed E-state index contributed by atoms with van der Waals surface area (Å²) in [6.45, 7) is 0. The molecule has 0 aromatic heterocycles. The molecule has 3 rings (SSSR count). The highest BCUT2D eigenvalue weighted by Crippen LogP contribution is 2.44. The molecule has 1 aliphatic rings. The average molecular weight is 293 g/mol. The third-order valence-electron chi connectivity index (χ3n) is 3.34. The van der Waals surface area contributed by atoms with Crippen LogP contribution >= 0.6 is 0 Å². The molecule has 1 amide bonds. The molecule has 0 bridgehead atoms. The van der Waals surface area contributed by atoms with Crippen LogP contribution in [-0.4, -0.2) is 5.91 Å². The van der Waals surface area contributed by atoms with Crippen molar-refractivity contribution in [2.45, 2.75) is 12.3 Å². The van der Waals surface area contributed by atoms with Crippen LogP contribution in [-0.2, 0) is 11.0 Å². The molecule has 0 aliphatic carbocycles. The van der Waals surface area contributed by atoms with Crippen molar-refractivity contribution in [2.75, 3.05) is 0 Å². The summed E-state index contributed by atoms with van der Waals surface area (Å²) >= 11 is 0. The first-order valence-electron chi connectivity index (χ1n) is 6.14. The normalized spacial score (nSPS) is 16.6.